The van der Waals surface area contributed by atoms with E-state index in [0.29, 0.717) is 19.1 Å². The summed E-state index contributed by atoms with van der Waals surface area (Å²) in [5.74, 6) is 0.00809. The molecule has 44 heavy (non-hydrogen) atoms. The van der Waals surface area contributed by atoms with Crippen LogP contribution in [0.2, 0.25) is 0 Å². The van der Waals surface area contributed by atoms with Crippen molar-refractivity contribution in [1.82, 2.24) is 10.3 Å². The monoisotopic (exact) mass is 606 g/mol. The van der Waals surface area contributed by atoms with Crippen LogP contribution in [-0.4, -0.2) is 55.3 Å². The fraction of sp³-hybridized carbons (Fsp3) is 0.571. The molecule has 4 aliphatic rings. The number of benzene rings is 1. The van der Waals surface area contributed by atoms with E-state index in [1.54, 1.807) is 12.3 Å². The van der Waals surface area contributed by atoms with Crippen molar-refractivity contribution in [2.75, 3.05) is 19.8 Å². The Balaban J connectivity index is 1.10. The van der Waals surface area contributed by atoms with E-state index in [1.165, 1.54) is 12.1 Å². The van der Waals surface area contributed by atoms with Crippen LogP contribution in [0.5, 0.6) is 0 Å². The van der Waals surface area contributed by atoms with E-state index in [-0.39, 0.29) is 60.0 Å². The molecule has 2 aliphatic heterocycles. The molecule has 1 aromatic heterocycles. The number of carbonyl (C=O) groups is 2. The first kappa shape index (κ1) is 30.7. The van der Waals surface area contributed by atoms with Gasteiger partial charge in [-0.15, -0.1) is 0 Å². The van der Waals surface area contributed by atoms with Crippen molar-refractivity contribution in [3.8, 4) is 11.1 Å². The first-order valence-corrected chi connectivity index (χ1v) is 16.1. The molecular formula is C35H43FN2O6. The Morgan fingerprint density at radius 3 is 2.80 bits per heavy atom. The maximum atomic E-state index is 13.7. The molecule has 2 saturated heterocycles. The number of amides is 1. The normalized spacial score (nSPS) is 33.3. The summed E-state index contributed by atoms with van der Waals surface area (Å²) < 4.78 is 36.1. The molecule has 2 aromatic rings. The van der Waals surface area contributed by atoms with Crippen LogP contribution in [-0.2, 0) is 23.7 Å². The molecule has 2 saturated carbocycles. The summed E-state index contributed by atoms with van der Waals surface area (Å²) in [6.45, 7) is 5.46. The molecule has 1 amide bonds. The third-order valence-corrected chi connectivity index (χ3v) is 10.2. The molecular weight excluding hydrogens is 563 g/mol. The minimum Gasteiger partial charge on any atom is -0.462 e. The zero-order valence-corrected chi connectivity index (χ0v) is 25.6. The van der Waals surface area contributed by atoms with Crippen LogP contribution in [0.25, 0.3) is 17.2 Å². The lowest BCUT2D eigenvalue weighted by Crippen LogP contribution is -2.53. The Bertz CT molecular complexity index is 1340. The van der Waals surface area contributed by atoms with Crippen LogP contribution in [0.15, 0.2) is 48.7 Å². The molecule has 8 nitrogen and oxygen atoms in total. The van der Waals surface area contributed by atoms with Gasteiger partial charge in [0, 0.05) is 30.3 Å². The average Bonchev–Trinajstić information content (AvgIpc) is 3.29. The second-order valence-corrected chi connectivity index (χ2v) is 13.1. The molecule has 6 rings (SSSR count). The quantitative estimate of drug-likeness (QED) is 0.269. The summed E-state index contributed by atoms with van der Waals surface area (Å²) in [5.41, 5.74) is 2.30. The summed E-state index contributed by atoms with van der Waals surface area (Å²) >= 11 is 0. The lowest BCUT2D eigenvalue weighted by atomic mass is 9.50. The van der Waals surface area contributed by atoms with Gasteiger partial charge in [0.15, 0.2) is 6.29 Å². The molecule has 3 heterocycles. The predicted molar refractivity (Wildman–Crippen MR) is 163 cm³/mol. The highest BCUT2D eigenvalue weighted by Gasteiger charge is 2.58. The Morgan fingerprint density at radius 2 is 2.02 bits per heavy atom. The van der Waals surface area contributed by atoms with Gasteiger partial charge in [0.2, 0.25) is 0 Å². The molecule has 0 radical (unpaired) electrons. The number of ether oxygens (including phenoxy) is 4. The van der Waals surface area contributed by atoms with Crippen LogP contribution < -0.4 is 5.32 Å². The number of fused-ring (bicyclic) bond motifs is 2. The highest BCUT2D eigenvalue weighted by atomic mass is 19.1. The van der Waals surface area contributed by atoms with E-state index in [2.05, 4.69) is 23.3 Å². The first-order valence-electron chi connectivity index (χ1n) is 16.1. The standard InChI is InChI=1S/C35H43FN2O6/c1-22-32-28(13-11-26-10-9-24(21-37-26)23-6-5-7-25(36)18-23)30-14-12-27(19-35(30,2)20-29(32)33(39)44-22)38-34(40)43-17-16-42-31-8-3-4-15-41-31/h5-7,9-11,13,18,21-22,27-32H,3-4,8,12,14-17,19-20H2,1-2H3,(H,38,40)/b13-11+/t22-,27-,28+,29-,30?,31?,32+,35+/m1/s1. The van der Waals surface area contributed by atoms with Crippen molar-refractivity contribution in [2.45, 2.75) is 77.2 Å². The van der Waals surface area contributed by atoms with E-state index in [0.717, 1.165) is 61.8 Å². The Hall–Kier alpha value is -3.30. The van der Waals surface area contributed by atoms with Crippen molar-refractivity contribution in [1.29, 1.82) is 0 Å². The van der Waals surface area contributed by atoms with Crippen molar-refractivity contribution in [2.24, 2.45) is 29.1 Å². The van der Waals surface area contributed by atoms with Crippen LogP contribution in [0, 0.1) is 34.9 Å². The van der Waals surface area contributed by atoms with Gasteiger partial charge in [0.1, 0.15) is 18.5 Å². The van der Waals surface area contributed by atoms with Gasteiger partial charge in [-0.2, -0.15) is 0 Å². The van der Waals surface area contributed by atoms with Crippen molar-refractivity contribution in [3.05, 3.63) is 60.2 Å². The summed E-state index contributed by atoms with van der Waals surface area (Å²) in [4.78, 5) is 30.2. The Kier molecular flexibility index (Phi) is 9.33. The second-order valence-electron chi connectivity index (χ2n) is 13.1. The molecule has 0 bridgehead atoms. The summed E-state index contributed by atoms with van der Waals surface area (Å²) in [5, 5.41) is 3.07. The maximum absolute atomic E-state index is 13.7. The molecule has 236 valence electrons. The summed E-state index contributed by atoms with van der Waals surface area (Å²) in [6.07, 6.45) is 11.5. The highest BCUT2D eigenvalue weighted by Crippen LogP contribution is 2.59. The number of esters is 1. The molecule has 1 aromatic carbocycles. The number of rotatable bonds is 8. The largest absolute Gasteiger partial charge is 0.462 e. The van der Waals surface area contributed by atoms with Gasteiger partial charge in [-0.25, -0.2) is 9.18 Å². The first-order chi connectivity index (χ1) is 21.3. The second kappa shape index (κ2) is 13.4. The maximum Gasteiger partial charge on any atom is 0.407 e. The molecule has 0 spiro atoms. The number of hydrogen-bond donors (Lipinski definition) is 1. The molecule has 2 aliphatic carbocycles. The number of carbonyl (C=O) groups excluding carboxylic acids is 2. The van der Waals surface area contributed by atoms with Crippen molar-refractivity contribution >= 4 is 18.1 Å². The van der Waals surface area contributed by atoms with Crippen molar-refractivity contribution in [3.63, 3.8) is 0 Å². The smallest absolute Gasteiger partial charge is 0.407 e. The fourth-order valence-corrected chi connectivity index (χ4v) is 8.14. The van der Waals surface area contributed by atoms with E-state index in [1.807, 2.05) is 31.2 Å². The Labute approximate surface area is 258 Å². The lowest BCUT2D eigenvalue weighted by Gasteiger charge is -2.54. The number of nitrogens with zero attached hydrogens (tertiary/aromatic N) is 1. The topological polar surface area (TPSA) is 96.0 Å². The van der Waals surface area contributed by atoms with E-state index < -0.39 is 6.09 Å². The third kappa shape index (κ3) is 6.84. The van der Waals surface area contributed by atoms with Gasteiger partial charge in [-0.05, 0) is 99.0 Å². The number of hydrogen-bond acceptors (Lipinski definition) is 7. The highest BCUT2D eigenvalue weighted by molar-refractivity contribution is 5.76. The fourth-order valence-electron chi connectivity index (χ4n) is 8.14. The molecule has 1 N–H and O–H groups in total. The van der Waals surface area contributed by atoms with Gasteiger partial charge < -0.3 is 24.3 Å². The van der Waals surface area contributed by atoms with Gasteiger partial charge in [-0.3, -0.25) is 9.78 Å². The SMILES string of the molecule is C[C@H]1OC(=O)[C@@H]2C[C@]3(C)C[C@H](NC(=O)OCCOC4CCCCO4)CCC3[C@H](/C=C/c3ccc(-c4cccc(F)c4)cn3)[C@H]12. The van der Waals surface area contributed by atoms with E-state index >= 15 is 0 Å². The van der Waals surface area contributed by atoms with E-state index in [9.17, 15) is 14.0 Å². The zero-order chi connectivity index (χ0) is 30.7. The lowest BCUT2D eigenvalue weighted by molar-refractivity contribution is -0.166. The number of aromatic nitrogens is 1. The number of alkyl carbamates (subject to hydrolysis) is 1. The molecule has 8 atom stereocenters. The molecule has 9 heteroatoms. The average molecular weight is 607 g/mol. The van der Waals surface area contributed by atoms with Crippen LogP contribution in [0.1, 0.15) is 64.5 Å². The van der Waals surface area contributed by atoms with Crippen LogP contribution >= 0.6 is 0 Å². The minimum atomic E-state index is -0.433. The Morgan fingerprint density at radius 1 is 1.14 bits per heavy atom. The van der Waals surface area contributed by atoms with Gasteiger partial charge in [-0.1, -0.05) is 31.2 Å². The number of allylic oxidation sites excluding steroid dienone is 1. The van der Waals surface area contributed by atoms with Gasteiger partial charge in [0.25, 0.3) is 0 Å². The molecule has 4 fully saturated rings. The van der Waals surface area contributed by atoms with Gasteiger partial charge in [0.05, 0.1) is 18.2 Å². The summed E-state index contributed by atoms with van der Waals surface area (Å²) in [7, 11) is 0. The summed E-state index contributed by atoms with van der Waals surface area (Å²) in [6, 6.07) is 10.3. The predicted octanol–water partition coefficient (Wildman–Crippen LogP) is 6.54. The number of nitrogens with one attached hydrogen (secondary N) is 1. The minimum absolute atomic E-state index is 0.0283. The number of pyridine rings is 1. The van der Waals surface area contributed by atoms with Crippen LogP contribution in [0.3, 0.4) is 0 Å². The zero-order valence-electron chi connectivity index (χ0n) is 25.6. The van der Waals surface area contributed by atoms with E-state index in [4.69, 9.17) is 18.9 Å². The third-order valence-electron chi connectivity index (χ3n) is 10.2. The molecule has 2 unspecified atom stereocenters. The number of halogens is 1. The van der Waals surface area contributed by atoms with Crippen molar-refractivity contribution < 1.29 is 32.9 Å². The number of cyclic esters (lactones) is 1. The van der Waals surface area contributed by atoms with Crippen LogP contribution in [0.4, 0.5) is 9.18 Å². The van der Waals surface area contributed by atoms with Gasteiger partial charge >= 0.3 is 12.1 Å².